The molecule has 0 bridgehead atoms. The second-order valence-electron chi connectivity index (χ2n) is 5.93. The number of hydrogen-bond acceptors (Lipinski definition) is 17. The van der Waals surface area contributed by atoms with Gasteiger partial charge in [0.1, 0.15) is 23.3 Å². The predicted octanol–water partition coefficient (Wildman–Crippen LogP) is -15.4. The Bertz CT molecular complexity index is 1130. The van der Waals surface area contributed by atoms with Crippen molar-refractivity contribution in [2.75, 3.05) is 12.3 Å². The molecule has 25 heteroatoms. The Morgan fingerprint density at radius 3 is 2.14 bits per heavy atom. The SMILES string of the molecule is Nc1ncnc2c1ncn2[C@@H]1S[C@H](COP(=O)([O-])OP(=O)([O-])OP(=O)([O-])[O-])[C@@H](O)[C@H]1O.[Na+].[Na+].[Na+].[Na+]. The quantitative estimate of drug-likeness (QED) is 0.184. The molecule has 6 atom stereocenters. The third-order valence-electron chi connectivity index (χ3n) is 3.80. The van der Waals surface area contributed by atoms with Gasteiger partial charge in [-0.1, -0.05) is 0 Å². The van der Waals surface area contributed by atoms with E-state index in [1.54, 1.807) is 0 Å². The van der Waals surface area contributed by atoms with E-state index in [-0.39, 0.29) is 135 Å². The van der Waals surface area contributed by atoms with E-state index in [0.717, 1.165) is 18.1 Å². The fourth-order valence-electron chi connectivity index (χ4n) is 2.60. The maximum atomic E-state index is 11.6. The average Bonchev–Trinajstić information content (AvgIpc) is 3.13. The zero-order valence-corrected chi connectivity index (χ0v) is 30.3. The summed E-state index contributed by atoms with van der Waals surface area (Å²) in [7, 11) is -18.0. The fraction of sp³-hybridized carbons (Fsp3) is 0.500. The number of hydrogen-bond donors (Lipinski definition) is 3. The first-order chi connectivity index (χ1) is 14.2. The predicted molar refractivity (Wildman–Crippen MR) is 93.1 cm³/mol. The first kappa shape index (κ1) is 40.2. The van der Waals surface area contributed by atoms with E-state index in [4.69, 9.17) is 5.73 Å². The van der Waals surface area contributed by atoms with Crippen molar-refractivity contribution in [2.24, 2.45) is 0 Å². The molecule has 0 aliphatic carbocycles. The van der Waals surface area contributed by atoms with Crippen LogP contribution in [0, 0.1) is 0 Å². The van der Waals surface area contributed by atoms with Crippen LogP contribution < -0.4 is 144 Å². The van der Waals surface area contributed by atoms with Gasteiger partial charge in [0.25, 0.3) is 15.6 Å². The van der Waals surface area contributed by atoms with E-state index < -0.39 is 52.9 Å². The molecule has 1 aliphatic heterocycles. The standard InChI is InChI=1S/C10H16N5O12P3S.4Na/c11-8-5-9(13-2-12-8)15(3-14-5)10-7(17)6(16)4(31-10)1-25-29(21,22)27-30(23,24)26-28(18,19)20;;;;/h2-4,6-7,10,16-17H,1H2,(H,21,22)(H,23,24)(H2,11,12,13)(H2,18,19,20);;;;/q;4*+1/p-4/t4-,6-,7-,10-;;;;/m1..../s1. The van der Waals surface area contributed by atoms with Crippen molar-refractivity contribution in [1.82, 2.24) is 19.5 Å². The molecule has 2 aromatic rings. The molecule has 0 spiro atoms. The number of aromatic nitrogens is 4. The smallest absolute Gasteiger partial charge is 0.790 e. The van der Waals surface area contributed by atoms with Gasteiger partial charge in [-0.25, -0.2) is 19.3 Å². The molecule has 0 aromatic carbocycles. The molecule has 35 heavy (non-hydrogen) atoms. The maximum absolute atomic E-state index is 11.6. The Morgan fingerprint density at radius 2 is 1.57 bits per heavy atom. The summed E-state index contributed by atoms with van der Waals surface area (Å²) >= 11 is 0.832. The Balaban J connectivity index is 0. The summed E-state index contributed by atoms with van der Waals surface area (Å²) in [5.41, 5.74) is 6.13. The van der Waals surface area contributed by atoms with Crippen molar-refractivity contribution >= 4 is 52.2 Å². The molecular formula is C10H12N5Na4O12P3S. The number of phosphoric acid groups is 3. The molecule has 3 rings (SSSR count). The first-order valence-corrected chi connectivity index (χ1v) is 13.2. The van der Waals surface area contributed by atoms with Crippen LogP contribution in [0.5, 0.6) is 0 Å². The van der Waals surface area contributed by atoms with E-state index >= 15 is 0 Å². The van der Waals surface area contributed by atoms with Gasteiger partial charge in [0.15, 0.2) is 11.5 Å². The normalized spacial score (nSPS) is 25.2. The topological polar surface area (TPSA) is 281 Å². The minimum absolute atomic E-state index is 0. The number of rotatable bonds is 8. The van der Waals surface area contributed by atoms with Gasteiger partial charge in [-0.15, -0.1) is 11.8 Å². The molecular weight excluding hydrogens is 599 g/mol. The molecule has 1 aliphatic rings. The zero-order valence-electron chi connectivity index (χ0n) is 18.8. The Labute approximate surface area is 290 Å². The van der Waals surface area contributed by atoms with Gasteiger partial charge in [-0.3, -0.25) is 18.0 Å². The molecule has 0 amide bonds. The number of phosphoric ester groups is 1. The van der Waals surface area contributed by atoms with Gasteiger partial charge in [0.05, 0.1) is 32.1 Å². The maximum Gasteiger partial charge on any atom is 1.00 e. The number of nitrogens with two attached hydrogens (primary N) is 1. The second-order valence-corrected chi connectivity index (χ2v) is 11.5. The van der Waals surface area contributed by atoms with E-state index in [0.29, 0.717) is 0 Å². The largest absolute Gasteiger partial charge is 1.00 e. The molecule has 17 nitrogen and oxygen atoms in total. The molecule has 2 aromatic heterocycles. The van der Waals surface area contributed by atoms with E-state index in [2.05, 4.69) is 28.1 Å². The van der Waals surface area contributed by atoms with Crippen LogP contribution in [-0.2, 0) is 26.8 Å². The van der Waals surface area contributed by atoms with Crippen molar-refractivity contribution < 1.29 is 175 Å². The Hall–Kier alpha value is 3.03. The van der Waals surface area contributed by atoms with Crippen LogP contribution in [-0.4, -0.2) is 53.8 Å². The van der Waals surface area contributed by atoms with Crippen LogP contribution in [0.25, 0.3) is 11.2 Å². The summed E-state index contributed by atoms with van der Waals surface area (Å²) in [5.74, 6) is 0.0658. The van der Waals surface area contributed by atoms with Crippen LogP contribution in [0.15, 0.2) is 12.7 Å². The summed E-state index contributed by atoms with van der Waals surface area (Å²) in [4.78, 5) is 55.2. The van der Waals surface area contributed by atoms with Crippen LogP contribution in [0.1, 0.15) is 5.37 Å². The number of imidazole rings is 1. The zero-order chi connectivity index (χ0) is 23.2. The number of anilines is 1. The number of nitrogen functional groups attached to an aromatic ring is 1. The summed E-state index contributed by atoms with van der Waals surface area (Å²) in [6.07, 6.45) is -0.593. The molecule has 1 fully saturated rings. The molecule has 0 radical (unpaired) electrons. The number of thioether (sulfide) groups is 1. The van der Waals surface area contributed by atoms with Crippen LogP contribution in [0.2, 0.25) is 0 Å². The van der Waals surface area contributed by atoms with Gasteiger partial charge < -0.3 is 44.6 Å². The van der Waals surface area contributed by atoms with Crippen molar-refractivity contribution in [2.45, 2.75) is 22.8 Å². The van der Waals surface area contributed by atoms with Gasteiger partial charge in [0.2, 0.25) is 0 Å². The second kappa shape index (κ2) is 15.9. The third-order valence-corrected chi connectivity index (χ3v) is 9.01. The molecule has 3 heterocycles. The van der Waals surface area contributed by atoms with Gasteiger partial charge in [-0.05, 0) is 0 Å². The van der Waals surface area contributed by atoms with Gasteiger partial charge in [-0.2, -0.15) is 0 Å². The van der Waals surface area contributed by atoms with Crippen LogP contribution in [0.4, 0.5) is 5.82 Å². The minimum atomic E-state index is -6.11. The van der Waals surface area contributed by atoms with E-state index in [1.165, 1.54) is 10.9 Å². The molecule has 174 valence electrons. The third kappa shape index (κ3) is 11.1. The van der Waals surface area contributed by atoms with Crippen molar-refractivity contribution in [3.63, 3.8) is 0 Å². The molecule has 2 unspecified atom stereocenters. The van der Waals surface area contributed by atoms with Crippen LogP contribution in [0.3, 0.4) is 0 Å². The van der Waals surface area contributed by atoms with E-state index in [9.17, 15) is 43.5 Å². The van der Waals surface area contributed by atoms with E-state index in [1.807, 2.05) is 0 Å². The molecule has 1 saturated heterocycles. The minimum Gasteiger partial charge on any atom is -0.790 e. The first-order valence-electron chi connectivity index (χ1n) is 7.85. The van der Waals surface area contributed by atoms with Crippen molar-refractivity contribution in [3.8, 4) is 0 Å². The summed E-state index contributed by atoms with van der Waals surface area (Å²) in [5, 5.41) is 18.5. The summed E-state index contributed by atoms with van der Waals surface area (Å²) < 4.78 is 45.3. The summed E-state index contributed by atoms with van der Waals surface area (Å²) in [6, 6.07) is 0. The number of nitrogens with zero attached hydrogens (tertiary/aromatic N) is 4. The fourth-order valence-corrected chi connectivity index (χ4v) is 7.02. The Kier molecular flexibility index (Phi) is 18.2. The number of aliphatic hydroxyl groups excluding tert-OH is 2. The average molecular weight is 611 g/mol. The summed E-state index contributed by atoms with van der Waals surface area (Å²) in [6.45, 7) is -0.893. The van der Waals surface area contributed by atoms with Gasteiger partial charge in [0, 0.05) is 0 Å². The van der Waals surface area contributed by atoms with Crippen molar-refractivity contribution in [1.29, 1.82) is 0 Å². The van der Waals surface area contributed by atoms with Gasteiger partial charge >= 0.3 is 118 Å². The number of fused-ring (bicyclic) bond motifs is 1. The monoisotopic (exact) mass is 611 g/mol. The van der Waals surface area contributed by atoms with Crippen molar-refractivity contribution in [3.05, 3.63) is 12.7 Å². The Morgan fingerprint density at radius 1 is 0.971 bits per heavy atom. The molecule has 0 saturated carbocycles. The number of aliphatic hydroxyl groups is 2. The molecule has 4 N–H and O–H groups in total. The van der Waals surface area contributed by atoms with Crippen LogP contribution >= 0.6 is 35.2 Å².